The topological polar surface area (TPSA) is 117 Å². The number of amides is 1. The Balaban J connectivity index is 1.12. The van der Waals surface area contributed by atoms with Gasteiger partial charge < -0.3 is 30.5 Å². The molecule has 4 saturated heterocycles. The molecule has 4 fully saturated rings. The quantitative estimate of drug-likeness (QED) is 0.243. The molecule has 0 radical (unpaired) electrons. The van der Waals surface area contributed by atoms with Crippen LogP contribution in [0.4, 0.5) is 5.69 Å². The number of nitrogens with one attached hydrogen (secondary N) is 1. The number of aliphatic hydroxyl groups is 1. The number of fused-ring (bicyclic) bond motifs is 3. The average Bonchev–Trinajstić information content (AvgIpc) is 2.85. The molecule has 2 bridgehead atoms. The minimum atomic E-state index is -0.683. The zero-order valence-electron chi connectivity index (χ0n) is 21.1. The van der Waals surface area contributed by atoms with Crippen molar-refractivity contribution in [3.63, 3.8) is 0 Å². The fraction of sp³-hybridized carbons (Fsp3) is 0.692. The van der Waals surface area contributed by atoms with Gasteiger partial charge in [0.1, 0.15) is 17.4 Å². The number of halogens is 1. The first kappa shape index (κ1) is 27.0. The number of rotatable bonds is 10. The SMILES string of the molecule is COc1cc(N)cc(Cl)c1C(=O)N[C@@H]1CCN(CCCCCC(=O)O[C@H]2CN3CCC2CC3)C[C@@H]1O. The number of unbranched alkanes of at least 4 members (excludes halogenated alkanes) is 2. The van der Waals surface area contributed by atoms with Crippen LogP contribution < -0.4 is 15.8 Å². The van der Waals surface area contributed by atoms with Crippen molar-refractivity contribution in [3.8, 4) is 5.75 Å². The summed E-state index contributed by atoms with van der Waals surface area (Å²) in [5, 5.41) is 13.8. The molecular formula is C26H39ClN4O5. The monoisotopic (exact) mass is 522 g/mol. The van der Waals surface area contributed by atoms with Crippen LogP contribution in [0.5, 0.6) is 5.75 Å². The molecule has 0 saturated carbocycles. The van der Waals surface area contributed by atoms with Gasteiger partial charge in [0.15, 0.2) is 0 Å². The van der Waals surface area contributed by atoms with Crippen molar-refractivity contribution in [2.24, 2.45) is 5.92 Å². The Labute approximate surface area is 218 Å². The number of nitrogens with two attached hydrogens (primary N) is 1. The zero-order chi connectivity index (χ0) is 25.7. The Morgan fingerprint density at radius 2 is 1.92 bits per heavy atom. The molecule has 5 rings (SSSR count). The van der Waals surface area contributed by atoms with Gasteiger partial charge in [-0.05, 0) is 63.7 Å². The molecule has 1 amide bonds. The first-order valence-corrected chi connectivity index (χ1v) is 13.5. The molecule has 3 atom stereocenters. The number of carbonyl (C=O) groups is 2. The number of anilines is 1. The van der Waals surface area contributed by atoms with Gasteiger partial charge in [0.2, 0.25) is 0 Å². The van der Waals surface area contributed by atoms with Crippen molar-refractivity contribution in [1.82, 2.24) is 15.1 Å². The fourth-order valence-electron chi connectivity index (χ4n) is 5.65. The molecule has 200 valence electrons. The van der Waals surface area contributed by atoms with Crippen molar-refractivity contribution in [3.05, 3.63) is 22.7 Å². The summed E-state index contributed by atoms with van der Waals surface area (Å²) in [6.45, 7) is 5.29. The molecule has 4 aliphatic rings. The third kappa shape index (κ3) is 6.82. The molecule has 0 aliphatic carbocycles. The van der Waals surface area contributed by atoms with E-state index in [-0.39, 0.29) is 34.6 Å². The Morgan fingerprint density at radius 1 is 1.14 bits per heavy atom. The highest BCUT2D eigenvalue weighted by Crippen LogP contribution is 2.31. The lowest BCUT2D eigenvalue weighted by Crippen LogP contribution is -2.54. The van der Waals surface area contributed by atoms with Crippen LogP contribution in [0.1, 0.15) is 55.3 Å². The van der Waals surface area contributed by atoms with Gasteiger partial charge in [-0.15, -0.1) is 0 Å². The van der Waals surface area contributed by atoms with E-state index in [4.69, 9.17) is 26.8 Å². The number of β-amino-alcohol motifs (C(OH)–C–C–N with tert-alkyl or cyclic N) is 1. The maximum Gasteiger partial charge on any atom is 0.306 e. The summed E-state index contributed by atoms with van der Waals surface area (Å²) in [5.41, 5.74) is 6.41. The summed E-state index contributed by atoms with van der Waals surface area (Å²) in [4.78, 5) is 29.7. The Hall–Kier alpha value is -2.07. The number of hydrogen-bond donors (Lipinski definition) is 3. The minimum Gasteiger partial charge on any atom is -0.496 e. The van der Waals surface area contributed by atoms with Crippen LogP contribution in [-0.4, -0.2) is 91.4 Å². The van der Waals surface area contributed by atoms with Gasteiger partial charge in [0.25, 0.3) is 5.91 Å². The van der Waals surface area contributed by atoms with Gasteiger partial charge in [-0.3, -0.25) is 14.5 Å². The molecule has 1 aromatic rings. The van der Waals surface area contributed by atoms with E-state index in [2.05, 4.69) is 15.1 Å². The summed E-state index contributed by atoms with van der Waals surface area (Å²) in [5.74, 6) is 0.388. The normalized spacial score (nSPS) is 28.0. The second-order valence-corrected chi connectivity index (χ2v) is 10.7. The molecule has 4 heterocycles. The summed E-state index contributed by atoms with van der Waals surface area (Å²) < 4.78 is 11.0. The van der Waals surface area contributed by atoms with E-state index in [1.54, 1.807) is 6.07 Å². The Kier molecular flexibility index (Phi) is 9.33. The van der Waals surface area contributed by atoms with Crippen molar-refractivity contribution < 1.29 is 24.2 Å². The number of ether oxygens (including phenoxy) is 2. The molecule has 36 heavy (non-hydrogen) atoms. The largest absolute Gasteiger partial charge is 0.496 e. The van der Waals surface area contributed by atoms with E-state index in [1.807, 2.05) is 0 Å². The van der Waals surface area contributed by atoms with E-state index in [1.165, 1.54) is 13.2 Å². The molecule has 9 nitrogen and oxygen atoms in total. The van der Waals surface area contributed by atoms with Gasteiger partial charge in [0.05, 0.1) is 24.3 Å². The van der Waals surface area contributed by atoms with Crippen LogP contribution in [0.2, 0.25) is 5.02 Å². The number of benzene rings is 1. The van der Waals surface area contributed by atoms with Crippen LogP contribution in [-0.2, 0) is 9.53 Å². The number of methoxy groups -OCH3 is 1. The van der Waals surface area contributed by atoms with E-state index >= 15 is 0 Å². The Bertz CT molecular complexity index is 924. The molecule has 0 unspecified atom stereocenters. The van der Waals surface area contributed by atoms with Crippen LogP contribution in [0.25, 0.3) is 0 Å². The van der Waals surface area contributed by atoms with Crippen LogP contribution in [0.15, 0.2) is 12.1 Å². The van der Waals surface area contributed by atoms with Crippen molar-refractivity contribution in [2.45, 2.75) is 63.2 Å². The average molecular weight is 523 g/mol. The van der Waals surface area contributed by atoms with Gasteiger partial charge in [-0.25, -0.2) is 0 Å². The van der Waals surface area contributed by atoms with Crippen LogP contribution in [0, 0.1) is 5.92 Å². The first-order valence-electron chi connectivity index (χ1n) is 13.1. The highest BCUT2D eigenvalue weighted by molar-refractivity contribution is 6.34. The fourth-order valence-corrected chi connectivity index (χ4v) is 5.95. The van der Waals surface area contributed by atoms with Crippen LogP contribution in [0.3, 0.4) is 0 Å². The molecular weight excluding hydrogens is 484 g/mol. The van der Waals surface area contributed by atoms with Gasteiger partial charge >= 0.3 is 5.97 Å². The van der Waals surface area contributed by atoms with Crippen molar-refractivity contribution in [1.29, 1.82) is 0 Å². The maximum atomic E-state index is 12.8. The molecule has 1 aromatic carbocycles. The summed E-state index contributed by atoms with van der Waals surface area (Å²) in [7, 11) is 1.45. The zero-order valence-corrected chi connectivity index (χ0v) is 21.8. The molecule has 4 N–H and O–H groups in total. The van der Waals surface area contributed by atoms with Gasteiger partial charge in [0, 0.05) is 37.8 Å². The summed E-state index contributed by atoms with van der Waals surface area (Å²) >= 11 is 6.23. The predicted octanol–water partition coefficient (Wildman–Crippen LogP) is 2.29. The van der Waals surface area contributed by atoms with E-state index < -0.39 is 6.10 Å². The van der Waals surface area contributed by atoms with E-state index in [9.17, 15) is 14.7 Å². The number of esters is 1. The maximum absolute atomic E-state index is 12.8. The number of aliphatic hydroxyl groups excluding tert-OH is 1. The number of piperidine rings is 4. The van der Waals surface area contributed by atoms with Gasteiger partial charge in [-0.2, -0.15) is 0 Å². The third-order valence-electron chi connectivity index (χ3n) is 7.74. The molecule has 4 aliphatic heterocycles. The standard InChI is InChI=1S/C26H39ClN4O5/c1-35-22-14-18(28)13-19(27)25(22)26(34)29-20-8-12-30(15-21(20)32)9-4-2-3-5-24(33)36-23-16-31-10-6-17(23)7-11-31/h13-14,17,20-21,23,32H,2-12,15-16,28H2,1H3,(H,29,34)/t20-,21+,23+/m1/s1. The molecule has 0 spiro atoms. The molecule has 10 heteroatoms. The third-order valence-corrected chi connectivity index (χ3v) is 8.04. The van der Waals surface area contributed by atoms with Crippen molar-refractivity contribution in [2.75, 3.05) is 52.1 Å². The lowest BCUT2D eigenvalue weighted by atomic mass is 9.86. The molecule has 0 aromatic heterocycles. The highest BCUT2D eigenvalue weighted by atomic mass is 35.5. The smallest absolute Gasteiger partial charge is 0.306 e. The number of likely N-dealkylation sites (tertiary alicyclic amines) is 1. The van der Waals surface area contributed by atoms with Crippen molar-refractivity contribution >= 4 is 29.2 Å². The summed E-state index contributed by atoms with van der Waals surface area (Å²) in [6, 6.07) is 2.69. The lowest BCUT2D eigenvalue weighted by Gasteiger charge is -2.43. The minimum absolute atomic E-state index is 0.0708. The van der Waals surface area contributed by atoms with Crippen LogP contribution >= 0.6 is 11.6 Å². The lowest BCUT2D eigenvalue weighted by molar-refractivity contribution is -0.158. The second kappa shape index (κ2) is 12.4. The Morgan fingerprint density at radius 3 is 2.58 bits per heavy atom. The number of hydrogen-bond acceptors (Lipinski definition) is 8. The second-order valence-electron chi connectivity index (χ2n) is 10.3. The predicted molar refractivity (Wildman–Crippen MR) is 138 cm³/mol. The van der Waals surface area contributed by atoms with Gasteiger partial charge in [-0.1, -0.05) is 18.0 Å². The highest BCUT2D eigenvalue weighted by Gasteiger charge is 2.36. The number of nitrogens with zero attached hydrogens (tertiary/aromatic N) is 2. The number of carbonyl (C=O) groups excluding carboxylic acids is 2. The van der Waals surface area contributed by atoms with E-state index in [0.29, 0.717) is 36.7 Å². The summed E-state index contributed by atoms with van der Waals surface area (Å²) in [6.07, 6.45) is 5.51. The van der Waals surface area contributed by atoms with E-state index in [0.717, 1.165) is 64.8 Å². The number of nitrogen functional groups attached to an aromatic ring is 1. The first-order chi connectivity index (χ1) is 17.3.